The van der Waals surface area contributed by atoms with Gasteiger partial charge in [0.05, 0.1) is 23.2 Å². The Balaban J connectivity index is 1.67. The Hall–Kier alpha value is -2.60. The van der Waals surface area contributed by atoms with Gasteiger partial charge in [-0.05, 0) is 17.7 Å². The van der Waals surface area contributed by atoms with E-state index in [1.165, 1.54) is 11.8 Å². The predicted molar refractivity (Wildman–Crippen MR) is 95.4 cm³/mol. The zero-order valence-corrected chi connectivity index (χ0v) is 13.2. The SMILES string of the molecule is NC(=NCc1ccccc1)SCc1nc2ccccc2c(=O)[nH]1. The standard InChI is InChI=1S/C17H16N4OS/c18-17(19-10-12-6-2-1-3-7-12)23-11-15-20-14-9-5-4-8-13(14)16(22)21-15/h1-9H,10-11H2,(H2,18,19)(H,20,21,22). The molecule has 0 fully saturated rings. The second kappa shape index (κ2) is 7.11. The minimum atomic E-state index is -0.133. The Labute approximate surface area is 137 Å². The third kappa shape index (κ3) is 3.98. The van der Waals surface area contributed by atoms with Crippen LogP contribution in [0.25, 0.3) is 10.9 Å². The van der Waals surface area contributed by atoms with Crippen LogP contribution in [-0.4, -0.2) is 15.1 Å². The number of thioether (sulfide) groups is 1. The number of nitrogens with zero attached hydrogens (tertiary/aromatic N) is 2. The van der Waals surface area contributed by atoms with Crippen molar-refractivity contribution in [2.75, 3.05) is 0 Å². The summed E-state index contributed by atoms with van der Waals surface area (Å²) in [6, 6.07) is 17.2. The van der Waals surface area contributed by atoms with Gasteiger partial charge in [0, 0.05) is 0 Å². The molecule has 3 N–H and O–H groups in total. The van der Waals surface area contributed by atoms with Gasteiger partial charge in [0.2, 0.25) is 0 Å². The fourth-order valence-corrected chi connectivity index (χ4v) is 2.72. The molecular formula is C17H16N4OS. The van der Waals surface area contributed by atoms with Gasteiger partial charge in [0.15, 0.2) is 5.17 Å². The first-order valence-corrected chi connectivity index (χ1v) is 8.15. The van der Waals surface area contributed by atoms with Crippen molar-refractivity contribution >= 4 is 27.8 Å². The quantitative estimate of drug-likeness (QED) is 0.571. The van der Waals surface area contributed by atoms with Crippen LogP contribution in [-0.2, 0) is 12.3 Å². The Morgan fingerprint density at radius 1 is 1.13 bits per heavy atom. The molecule has 0 aliphatic carbocycles. The normalized spacial score (nSPS) is 11.7. The summed E-state index contributed by atoms with van der Waals surface area (Å²) in [6.07, 6.45) is 0. The van der Waals surface area contributed by atoms with Crippen LogP contribution in [0.5, 0.6) is 0 Å². The van der Waals surface area contributed by atoms with Crippen molar-refractivity contribution in [2.45, 2.75) is 12.3 Å². The van der Waals surface area contributed by atoms with Crippen molar-refractivity contribution in [3.8, 4) is 0 Å². The molecule has 3 rings (SSSR count). The molecule has 0 radical (unpaired) electrons. The number of nitrogens with two attached hydrogens (primary N) is 1. The van der Waals surface area contributed by atoms with Crippen LogP contribution in [0.1, 0.15) is 11.4 Å². The monoisotopic (exact) mass is 324 g/mol. The third-order valence-corrected chi connectivity index (χ3v) is 4.12. The maximum Gasteiger partial charge on any atom is 0.258 e. The number of H-pyrrole nitrogens is 1. The van der Waals surface area contributed by atoms with E-state index in [1.807, 2.05) is 48.5 Å². The number of hydrogen-bond acceptors (Lipinski definition) is 4. The summed E-state index contributed by atoms with van der Waals surface area (Å²) in [7, 11) is 0. The number of para-hydroxylation sites is 1. The van der Waals surface area contributed by atoms with Crippen molar-refractivity contribution in [1.29, 1.82) is 0 Å². The first kappa shape index (κ1) is 15.3. The number of hydrogen-bond donors (Lipinski definition) is 2. The van der Waals surface area contributed by atoms with Crippen molar-refractivity contribution in [1.82, 2.24) is 9.97 Å². The van der Waals surface area contributed by atoms with E-state index in [4.69, 9.17) is 5.73 Å². The van der Waals surface area contributed by atoms with Gasteiger partial charge in [-0.2, -0.15) is 0 Å². The van der Waals surface area contributed by atoms with Crippen LogP contribution < -0.4 is 11.3 Å². The van der Waals surface area contributed by atoms with E-state index in [1.54, 1.807) is 6.07 Å². The molecule has 0 aliphatic rings. The molecule has 0 unspecified atom stereocenters. The van der Waals surface area contributed by atoms with Gasteiger partial charge in [-0.1, -0.05) is 54.2 Å². The average molecular weight is 324 g/mol. The fourth-order valence-electron chi connectivity index (χ4n) is 2.14. The molecule has 1 heterocycles. The van der Waals surface area contributed by atoms with Crippen LogP contribution >= 0.6 is 11.8 Å². The minimum absolute atomic E-state index is 0.133. The van der Waals surface area contributed by atoms with Gasteiger partial charge in [-0.25, -0.2) is 4.98 Å². The molecule has 0 amide bonds. The van der Waals surface area contributed by atoms with E-state index >= 15 is 0 Å². The molecule has 0 spiro atoms. The van der Waals surface area contributed by atoms with Gasteiger partial charge < -0.3 is 10.7 Å². The summed E-state index contributed by atoms with van der Waals surface area (Å²) >= 11 is 1.36. The number of rotatable bonds is 4. The van der Waals surface area contributed by atoms with Crippen LogP contribution in [0.15, 0.2) is 64.4 Å². The highest BCUT2D eigenvalue weighted by molar-refractivity contribution is 8.13. The lowest BCUT2D eigenvalue weighted by molar-refractivity contribution is 1.04. The number of benzene rings is 2. The van der Waals surface area contributed by atoms with Gasteiger partial charge in [0.1, 0.15) is 5.82 Å². The maximum absolute atomic E-state index is 12.0. The number of amidine groups is 1. The lowest BCUT2D eigenvalue weighted by Crippen LogP contribution is -2.13. The third-order valence-electron chi connectivity index (χ3n) is 3.28. The van der Waals surface area contributed by atoms with Crippen molar-refractivity contribution < 1.29 is 0 Å². The molecule has 2 aromatic carbocycles. The molecule has 3 aromatic rings. The Kier molecular flexibility index (Phi) is 4.73. The number of aromatic amines is 1. The molecular weight excluding hydrogens is 308 g/mol. The Morgan fingerprint density at radius 3 is 2.70 bits per heavy atom. The summed E-state index contributed by atoms with van der Waals surface area (Å²) in [5, 5.41) is 1.07. The smallest absolute Gasteiger partial charge is 0.258 e. The van der Waals surface area contributed by atoms with E-state index in [0.717, 1.165) is 5.56 Å². The second-order valence-corrected chi connectivity index (χ2v) is 5.95. The summed E-state index contributed by atoms with van der Waals surface area (Å²) in [4.78, 5) is 23.5. The highest BCUT2D eigenvalue weighted by atomic mass is 32.2. The molecule has 0 saturated heterocycles. The van der Waals surface area contributed by atoms with Gasteiger partial charge in [0.25, 0.3) is 5.56 Å². The molecule has 5 nitrogen and oxygen atoms in total. The lowest BCUT2D eigenvalue weighted by Gasteiger charge is -2.03. The zero-order chi connectivity index (χ0) is 16.1. The number of fused-ring (bicyclic) bond motifs is 1. The van der Waals surface area contributed by atoms with Crippen molar-refractivity contribution in [2.24, 2.45) is 10.7 Å². The number of aromatic nitrogens is 2. The zero-order valence-electron chi connectivity index (χ0n) is 12.4. The van der Waals surface area contributed by atoms with Crippen LogP contribution in [0.2, 0.25) is 0 Å². The summed E-state index contributed by atoms with van der Waals surface area (Å²) in [6.45, 7) is 0.543. The van der Waals surface area contributed by atoms with Gasteiger partial charge in [-0.3, -0.25) is 9.79 Å². The first-order valence-electron chi connectivity index (χ1n) is 7.17. The maximum atomic E-state index is 12.0. The Morgan fingerprint density at radius 2 is 1.87 bits per heavy atom. The van der Waals surface area contributed by atoms with Crippen molar-refractivity contribution in [3.05, 3.63) is 76.3 Å². The molecule has 0 bridgehead atoms. The summed E-state index contributed by atoms with van der Waals surface area (Å²) in [5.74, 6) is 1.07. The Bertz CT molecular complexity index is 890. The molecule has 0 saturated carbocycles. The molecule has 6 heteroatoms. The second-order valence-electron chi connectivity index (χ2n) is 4.96. The van der Waals surface area contributed by atoms with Crippen LogP contribution in [0, 0.1) is 0 Å². The molecule has 1 aromatic heterocycles. The fraction of sp³-hybridized carbons (Fsp3) is 0.118. The largest absolute Gasteiger partial charge is 0.379 e. The van der Waals surface area contributed by atoms with E-state index in [0.29, 0.717) is 34.2 Å². The van der Waals surface area contributed by atoms with Crippen molar-refractivity contribution in [3.63, 3.8) is 0 Å². The van der Waals surface area contributed by atoms with Gasteiger partial charge >= 0.3 is 0 Å². The van der Waals surface area contributed by atoms with E-state index in [9.17, 15) is 4.79 Å². The lowest BCUT2D eigenvalue weighted by atomic mass is 10.2. The number of aliphatic imine (C=N–C) groups is 1. The highest BCUT2D eigenvalue weighted by Gasteiger charge is 2.04. The molecule has 23 heavy (non-hydrogen) atoms. The molecule has 0 aliphatic heterocycles. The van der Waals surface area contributed by atoms with Crippen LogP contribution in [0.4, 0.5) is 0 Å². The average Bonchev–Trinajstić information content (AvgIpc) is 2.59. The van der Waals surface area contributed by atoms with E-state index in [-0.39, 0.29) is 5.56 Å². The number of nitrogens with one attached hydrogen (secondary N) is 1. The van der Waals surface area contributed by atoms with Gasteiger partial charge in [-0.15, -0.1) is 0 Å². The first-order chi connectivity index (χ1) is 11.2. The highest BCUT2D eigenvalue weighted by Crippen LogP contribution is 2.12. The predicted octanol–water partition coefficient (Wildman–Crippen LogP) is 2.67. The van der Waals surface area contributed by atoms with E-state index in [2.05, 4.69) is 15.0 Å². The summed E-state index contributed by atoms with van der Waals surface area (Å²) < 4.78 is 0. The molecule has 116 valence electrons. The topological polar surface area (TPSA) is 84.1 Å². The summed E-state index contributed by atoms with van der Waals surface area (Å²) in [5.41, 5.74) is 7.57. The minimum Gasteiger partial charge on any atom is -0.379 e. The molecule has 0 atom stereocenters. The van der Waals surface area contributed by atoms with Crippen LogP contribution in [0.3, 0.4) is 0 Å². The van der Waals surface area contributed by atoms with E-state index < -0.39 is 0 Å².